The lowest BCUT2D eigenvalue weighted by atomic mass is 10.2. The predicted octanol–water partition coefficient (Wildman–Crippen LogP) is -0.265. The molecule has 0 aliphatic heterocycles. The van der Waals surface area contributed by atoms with Crippen molar-refractivity contribution in [2.24, 2.45) is 5.10 Å². The van der Waals surface area contributed by atoms with Gasteiger partial charge < -0.3 is 4.98 Å². The number of benzene rings is 1. The summed E-state index contributed by atoms with van der Waals surface area (Å²) in [6.07, 6.45) is 2.22. The molecule has 0 atom stereocenters. The van der Waals surface area contributed by atoms with E-state index in [2.05, 4.69) is 15.5 Å². The predicted molar refractivity (Wildman–Crippen MR) is 75.8 cm³/mol. The maximum atomic E-state index is 11.7. The van der Waals surface area contributed by atoms with Gasteiger partial charge in [0.15, 0.2) is 0 Å². The highest BCUT2D eigenvalue weighted by molar-refractivity contribution is 5.94. The molecule has 0 unspecified atom stereocenters. The van der Waals surface area contributed by atoms with Crippen molar-refractivity contribution < 1.29 is 9.72 Å². The third-order valence-electron chi connectivity index (χ3n) is 2.55. The molecular weight excluding hydrogens is 294 g/mol. The number of H-pyrrole nitrogens is 2. The minimum atomic E-state index is -0.841. The molecule has 2 aromatic rings. The van der Waals surface area contributed by atoms with Crippen LogP contribution in [0.15, 0.2) is 45.2 Å². The molecule has 10 heteroatoms. The Morgan fingerprint density at radius 3 is 2.55 bits per heavy atom. The van der Waals surface area contributed by atoms with E-state index in [-0.39, 0.29) is 11.3 Å². The number of aromatic nitrogens is 2. The maximum absolute atomic E-state index is 11.7. The Hall–Kier alpha value is -3.56. The van der Waals surface area contributed by atoms with Gasteiger partial charge in [0, 0.05) is 18.3 Å². The molecule has 0 saturated heterocycles. The molecule has 2 rings (SSSR count). The minimum Gasteiger partial charge on any atom is -0.313 e. The SMILES string of the molecule is O=C(N/N=C/c1ccc([N+](=O)[O-])cc1)c1c[nH]c(=O)[nH]c1=O. The second-order valence-corrected chi connectivity index (χ2v) is 4.03. The zero-order chi connectivity index (χ0) is 16.1. The maximum Gasteiger partial charge on any atom is 0.325 e. The number of rotatable bonds is 4. The minimum absolute atomic E-state index is 0.0686. The summed E-state index contributed by atoms with van der Waals surface area (Å²) in [5, 5.41) is 14.1. The summed E-state index contributed by atoms with van der Waals surface area (Å²) < 4.78 is 0. The van der Waals surface area contributed by atoms with Crippen LogP contribution in [0, 0.1) is 10.1 Å². The van der Waals surface area contributed by atoms with Gasteiger partial charge in [-0.25, -0.2) is 10.2 Å². The zero-order valence-electron chi connectivity index (χ0n) is 10.9. The zero-order valence-corrected chi connectivity index (χ0v) is 10.9. The average Bonchev–Trinajstić information content (AvgIpc) is 2.47. The molecule has 0 bridgehead atoms. The smallest absolute Gasteiger partial charge is 0.313 e. The van der Waals surface area contributed by atoms with Crippen molar-refractivity contribution in [2.45, 2.75) is 0 Å². The Labute approximate surface area is 121 Å². The lowest BCUT2D eigenvalue weighted by Crippen LogP contribution is -2.31. The van der Waals surface area contributed by atoms with Crippen molar-refractivity contribution in [3.05, 3.63) is 72.5 Å². The van der Waals surface area contributed by atoms with E-state index in [1.165, 1.54) is 30.5 Å². The number of aromatic amines is 2. The highest BCUT2D eigenvalue weighted by Gasteiger charge is 2.09. The molecule has 1 aromatic carbocycles. The number of nitrogens with one attached hydrogen (secondary N) is 3. The molecule has 0 saturated carbocycles. The van der Waals surface area contributed by atoms with Gasteiger partial charge in [0.25, 0.3) is 17.2 Å². The summed E-state index contributed by atoms with van der Waals surface area (Å²) in [7, 11) is 0. The van der Waals surface area contributed by atoms with E-state index in [0.29, 0.717) is 5.56 Å². The van der Waals surface area contributed by atoms with Crippen LogP contribution < -0.4 is 16.7 Å². The number of carbonyl (C=O) groups is 1. The quantitative estimate of drug-likeness (QED) is 0.403. The number of hydrogen-bond donors (Lipinski definition) is 3. The molecule has 0 aliphatic carbocycles. The van der Waals surface area contributed by atoms with Crippen molar-refractivity contribution >= 4 is 17.8 Å². The lowest BCUT2D eigenvalue weighted by molar-refractivity contribution is -0.384. The number of amides is 1. The first-order valence-corrected chi connectivity index (χ1v) is 5.87. The summed E-state index contributed by atoms with van der Waals surface area (Å²) in [5.74, 6) is -0.810. The number of nitrogens with zero attached hydrogens (tertiary/aromatic N) is 2. The van der Waals surface area contributed by atoms with Gasteiger partial charge in [-0.3, -0.25) is 24.7 Å². The van der Waals surface area contributed by atoms with Crippen LogP contribution in [0.25, 0.3) is 0 Å². The van der Waals surface area contributed by atoms with E-state index < -0.39 is 22.1 Å². The van der Waals surface area contributed by atoms with Crippen LogP contribution in [0.1, 0.15) is 15.9 Å². The topological polar surface area (TPSA) is 150 Å². The number of nitro groups is 1. The summed E-state index contributed by atoms with van der Waals surface area (Å²) in [6, 6.07) is 5.47. The van der Waals surface area contributed by atoms with Gasteiger partial charge >= 0.3 is 5.69 Å². The molecule has 0 aliphatic rings. The molecule has 22 heavy (non-hydrogen) atoms. The highest BCUT2D eigenvalue weighted by Crippen LogP contribution is 2.10. The number of hydrazone groups is 1. The Bertz CT molecular complexity index is 849. The van der Waals surface area contributed by atoms with Gasteiger partial charge in [0.1, 0.15) is 5.56 Å². The second-order valence-electron chi connectivity index (χ2n) is 4.03. The van der Waals surface area contributed by atoms with E-state index in [9.17, 15) is 24.5 Å². The first-order chi connectivity index (χ1) is 10.5. The summed E-state index contributed by atoms with van der Waals surface area (Å²) in [6.45, 7) is 0. The van der Waals surface area contributed by atoms with Crippen molar-refractivity contribution in [1.82, 2.24) is 15.4 Å². The van der Waals surface area contributed by atoms with Crippen molar-refractivity contribution in [3.63, 3.8) is 0 Å². The van der Waals surface area contributed by atoms with Gasteiger partial charge in [0.2, 0.25) is 0 Å². The number of non-ortho nitro benzene ring substituents is 1. The van der Waals surface area contributed by atoms with Gasteiger partial charge in [-0.2, -0.15) is 5.10 Å². The number of hydrogen-bond acceptors (Lipinski definition) is 6. The fourth-order valence-electron chi connectivity index (χ4n) is 1.49. The van der Waals surface area contributed by atoms with E-state index in [0.717, 1.165) is 6.20 Å². The second kappa shape index (κ2) is 6.26. The van der Waals surface area contributed by atoms with Crippen molar-refractivity contribution in [2.75, 3.05) is 0 Å². The van der Waals surface area contributed by atoms with Crippen molar-refractivity contribution in [1.29, 1.82) is 0 Å². The Balaban J connectivity index is 2.05. The standard InChI is InChI=1S/C12H9N5O5/c18-10-9(6-13-12(20)15-10)11(19)16-14-5-7-1-3-8(4-2-7)17(21)22/h1-6H,(H,16,19)(H2,13,15,18,20)/b14-5+. The first-order valence-electron chi connectivity index (χ1n) is 5.87. The Morgan fingerprint density at radius 2 is 1.95 bits per heavy atom. The third kappa shape index (κ3) is 3.50. The van der Waals surface area contributed by atoms with E-state index >= 15 is 0 Å². The molecule has 1 heterocycles. The fourth-order valence-corrected chi connectivity index (χ4v) is 1.49. The molecule has 10 nitrogen and oxygen atoms in total. The van der Waals surface area contributed by atoms with Crippen LogP contribution >= 0.6 is 0 Å². The first kappa shape index (κ1) is 14.8. The van der Waals surface area contributed by atoms with Crippen LogP contribution in [0.3, 0.4) is 0 Å². The average molecular weight is 303 g/mol. The summed E-state index contributed by atoms with van der Waals surface area (Å²) >= 11 is 0. The van der Waals surface area contributed by atoms with Crippen LogP contribution in [-0.2, 0) is 0 Å². The van der Waals surface area contributed by atoms with Crippen molar-refractivity contribution in [3.8, 4) is 0 Å². The Kier molecular flexibility index (Phi) is 4.22. The normalized spacial score (nSPS) is 10.5. The summed E-state index contributed by atoms with van der Waals surface area (Å²) in [4.78, 5) is 47.8. The van der Waals surface area contributed by atoms with E-state index in [4.69, 9.17) is 0 Å². The molecule has 1 aromatic heterocycles. The van der Waals surface area contributed by atoms with Gasteiger partial charge in [-0.05, 0) is 17.7 Å². The summed E-state index contributed by atoms with van der Waals surface area (Å²) in [5.41, 5.74) is 0.674. The largest absolute Gasteiger partial charge is 0.325 e. The Morgan fingerprint density at radius 1 is 1.27 bits per heavy atom. The van der Waals surface area contributed by atoms with Gasteiger partial charge in [0.05, 0.1) is 11.1 Å². The van der Waals surface area contributed by atoms with Crippen LogP contribution in [0.5, 0.6) is 0 Å². The molecule has 0 radical (unpaired) electrons. The molecule has 0 fully saturated rings. The van der Waals surface area contributed by atoms with Crippen LogP contribution in [0.4, 0.5) is 5.69 Å². The fraction of sp³-hybridized carbons (Fsp3) is 0. The van der Waals surface area contributed by atoms with E-state index in [1.807, 2.05) is 4.98 Å². The van der Waals surface area contributed by atoms with Gasteiger partial charge in [-0.15, -0.1) is 0 Å². The molecular formula is C12H9N5O5. The highest BCUT2D eigenvalue weighted by atomic mass is 16.6. The number of nitro benzene ring substituents is 1. The van der Waals surface area contributed by atoms with Crippen LogP contribution in [0.2, 0.25) is 0 Å². The van der Waals surface area contributed by atoms with Crippen LogP contribution in [-0.4, -0.2) is 27.0 Å². The molecule has 112 valence electrons. The third-order valence-corrected chi connectivity index (χ3v) is 2.55. The molecule has 0 spiro atoms. The lowest BCUT2D eigenvalue weighted by Gasteiger charge is -1.98. The molecule has 1 amide bonds. The molecule has 3 N–H and O–H groups in total. The number of carbonyl (C=O) groups excluding carboxylic acids is 1. The van der Waals surface area contributed by atoms with E-state index in [1.54, 1.807) is 0 Å². The monoisotopic (exact) mass is 303 g/mol. The van der Waals surface area contributed by atoms with Gasteiger partial charge in [-0.1, -0.05) is 0 Å².